The van der Waals surface area contributed by atoms with Gasteiger partial charge in [-0.15, -0.1) is 11.3 Å². The second-order valence-corrected chi connectivity index (χ2v) is 6.03. The molecule has 2 heterocycles. The number of benzene rings is 1. The molecule has 0 amide bonds. The number of aryl methyl sites for hydroxylation is 1. The molecule has 6 nitrogen and oxygen atoms in total. The summed E-state index contributed by atoms with van der Waals surface area (Å²) in [6, 6.07) is 8.23. The van der Waals surface area contributed by atoms with E-state index in [1.165, 1.54) is 23.5 Å². The zero-order valence-electron chi connectivity index (χ0n) is 12.0. The third-order valence-electron chi connectivity index (χ3n) is 3.20. The zero-order chi connectivity index (χ0) is 16.4. The van der Waals surface area contributed by atoms with Gasteiger partial charge in [0.1, 0.15) is 5.15 Å². The van der Waals surface area contributed by atoms with Crippen LogP contribution in [0.25, 0.3) is 11.3 Å². The number of aromatic nitrogens is 2. The van der Waals surface area contributed by atoms with Crippen LogP contribution < -0.4 is 5.32 Å². The molecule has 0 aliphatic carbocycles. The van der Waals surface area contributed by atoms with Gasteiger partial charge in [-0.1, -0.05) is 17.7 Å². The van der Waals surface area contributed by atoms with E-state index in [-0.39, 0.29) is 5.69 Å². The van der Waals surface area contributed by atoms with Crippen molar-refractivity contribution in [2.24, 2.45) is 0 Å². The van der Waals surface area contributed by atoms with Crippen LogP contribution in [-0.4, -0.2) is 14.9 Å². The number of non-ortho nitro benzene ring substituents is 1. The van der Waals surface area contributed by atoms with E-state index >= 15 is 0 Å². The van der Waals surface area contributed by atoms with E-state index in [0.29, 0.717) is 16.0 Å². The molecule has 0 atom stereocenters. The topological polar surface area (TPSA) is 81.0 Å². The number of hydrogen-bond acceptors (Lipinski definition) is 6. The number of halogens is 1. The maximum absolute atomic E-state index is 10.9. The van der Waals surface area contributed by atoms with Crippen molar-refractivity contribution in [1.29, 1.82) is 0 Å². The van der Waals surface area contributed by atoms with Crippen LogP contribution in [0.15, 0.2) is 41.9 Å². The number of hydrogen-bond donors (Lipinski definition) is 1. The SMILES string of the molecule is Cc1ccc([N+](=O)[O-])cc1Nc1nc(-c2ccc(Cl)nc2)cs1. The fourth-order valence-corrected chi connectivity index (χ4v) is 2.81. The van der Waals surface area contributed by atoms with E-state index in [9.17, 15) is 10.1 Å². The average Bonchev–Trinajstić information content (AvgIpc) is 2.98. The molecule has 0 spiro atoms. The van der Waals surface area contributed by atoms with Gasteiger partial charge >= 0.3 is 0 Å². The van der Waals surface area contributed by atoms with Crippen molar-refractivity contribution in [3.8, 4) is 11.3 Å². The number of nitro benzene ring substituents is 1. The summed E-state index contributed by atoms with van der Waals surface area (Å²) in [4.78, 5) is 19.0. The van der Waals surface area contributed by atoms with Crippen LogP contribution in [0.3, 0.4) is 0 Å². The smallest absolute Gasteiger partial charge is 0.271 e. The quantitative estimate of drug-likeness (QED) is 0.416. The van der Waals surface area contributed by atoms with E-state index in [1.807, 2.05) is 18.4 Å². The minimum absolute atomic E-state index is 0.0387. The van der Waals surface area contributed by atoms with Gasteiger partial charge < -0.3 is 5.32 Å². The van der Waals surface area contributed by atoms with Gasteiger partial charge in [-0.3, -0.25) is 10.1 Å². The molecule has 3 aromatic rings. The molecular weight excluding hydrogens is 336 g/mol. The van der Waals surface area contributed by atoms with Crippen molar-refractivity contribution in [3.05, 3.63) is 62.7 Å². The highest BCUT2D eigenvalue weighted by Crippen LogP contribution is 2.30. The first-order chi connectivity index (χ1) is 11.0. The summed E-state index contributed by atoms with van der Waals surface area (Å²) in [6.07, 6.45) is 1.65. The summed E-state index contributed by atoms with van der Waals surface area (Å²) in [7, 11) is 0. The van der Waals surface area contributed by atoms with Gasteiger partial charge in [0, 0.05) is 29.3 Å². The lowest BCUT2D eigenvalue weighted by Gasteiger charge is -2.06. The fraction of sp³-hybridized carbons (Fsp3) is 0.0667. The lowest BCUT2D eigenvalue weighted by atomic mass is 10.2. The lowest BCUT2D eigenvalue weighted by Crippen LogP contribution is -1.95. The number of thiazole rings is 1. The molecule has 0 saturated heterocycles. The Morgan fingerprint density at radius 1 is 1.30 bits per heavy atom. The molecule has 0 saturated carbocycles. The van der Waals surface area contributed by atoms with Crippen LogP contribution in [0.5, 0.6) is 0 Å². The van der Waals surface area contributed by atoms with Crippen LogP contribution in [0.2, 0.25) is 5.15 Å². The monoisotopic (exact) mass is 346 g/mol. The van der Waals surface area contributed by atoms with Crippen molar-refractivity contribution >= 4 is 39.4 Å². The lowest BCUT2D eigenvalue weighted by molar-refractivity contribution is -0.384. The Kier molecular flexibility index (Phi) is 4.22. The Bertz CT molecular complexity index is 864. The zero-order valence-corrected chi connectivity index (χ0v) is 13.6. The van der Waals surface area contributed by atoms with Gasteiger partial charge in [0.05, 0.1) is 16.3 Å². The van der Waals surface area contributed by atoms with Crippen LogP contribution >= 0.6 is 22.9 Å². The number of nitro groups is 1. The normalized spacial score (nSPS) is 10.5. The number of nitrogens with zero attached hydrogens (tertiary/aromatic N) is 3. The van der Waals surface area contributed by atoms with Gasteiger partial charge in [-0.05, 0) is 24.6 Å². The summed E-state index contributed by atoms with van der Waals surface area (Å²) in [5.74, 6) is 0. The van der Waals surface area contributed by atoms with E-state index < -0.39 is 4.92 Å². The van der Waals surface area contributed by atoms with Crippen molar-refractivity contribution in [1.82, 2.24) is 9.97 Å². The second-order valence-electron chi connectivity index (χ2n) is 4.79. The molecule has 0 unspecified atom stereocenters. The summed E-state index contributed by atoms with van der Waals surface area (Å²) in [5, 5.41) is 17.0. The van der Waals surface area contributed by atoms with Gasteiger partial charge in [0.2, 0.25) is 0 Å². The van der Waals surface area contributed by atoms with Crippen LogP contribution in [0.4, 0.5) is 16.5 Å². The molecule has 8 heteroatoms. The highest BCUT2D eigenvalue weighted by atomic mass is 35.5. The van der Waals surface area contributed by atoms with E-state index in [2.05, 4.69) is 15.3 Å². The first-order valence-electron chi connectivity index (χ1n) is 6.62. The fourth-order valence-electron chi connectivity index (χ4n) is 1.96. The number of pyridine rings is 1. The van der Waals surface area contributed by atoms with Crippen molar-refractivity contribution in [2.45, 2.75) is 6.92 Å². The molecular formula is C15H11ClN4O2S. The predicted octanol–water partition coefficient (Wildman–Crippen LogP) is 4.82. The Hall–Kier alpha value is -2.51. The molecule has 0 aliphatic rings. The van der Waals surface area contributed by atoms with E-state index in [4.69, 9.17) is 11.6 Å². The van der Waals surface area contributed by atoms with Crippen molar-refractivity contribution in [3.63, 3.8) is 0 Å². The third-order valence-corrected chi connectivity index (χ3v) is 4.18. The first kappa shape index (κ1) is 15.4. The molecule has 0 aliphatic heterocycles. The van der Waals surface area contributed by atoms with Gasteiger partial charge in [0.25, 0.3) is 5.69 Å². The van der Waals surface area contributed by atoms with Crippen LogP contribution in [0, 0.1) is 17.0 Å². The summed E-state index contributed by atoms with van der Waals surface area (Å²) in [5.41, 5.74) is 3.23. The van der Waals surface area contributed by atoms with Gasteiger partial charge in [-0.25, -0.2) is 9.97 Å². The van der Waals surface area contributed by atoms with E-state index in [0.717, 1.165) is 16.8 Å². The largest absolute Gasteiger partial charge is 0.331 e. The molecule has 0 radical (unpaired) electrons. The molecule has 0 fully saturated rings. The van der Waals surface area contributed by atoms with Crippen molar-refractivity contribution < 1.29 is 4.92 Å². The average molecular weight is 347 g/mol. The molecule has 3 rings (SSSR count). The molecule has 1 aromatic carbocycles. The van der Waals surface area contributed by atoms with E-state index in [1.54, 1.807) is 18.3 Å². The summed E-state index contributed by atoms with van der Waals surface area (Å²) in [6.45, 7) is 1.88. The Morgan fingerprint density at radius 2 is 2.13 bits per heavy atom. The van der Waals surface area contributed by atoms with Crippen molar-refractivity contribution in [2.75, 3.05) is 5.32 Å². The van der Waals surface area contributed by atoms with Crippen LogP contribution in [0.1, 0.15) is 5.56 Å². The molecule has 116 valence electrons. The summed E-state index contributed by atoms with van der Waals surface area (Å²) < 4.78 is 0. The Morgan fingerprint density at radius 3 is 2.83 bits per heavy atom. The number of anilines is 2. The molecule has 1 N–H and O–H groups in total. The third kappa shape index (κ3) is 3.46. The molecule has 0 bridgehead atoms. The highest BCUT2D eigenvalue weighted by Gasteiger charge is 2.11. The predicted molar refractivity (Wildman–Crippen MR) is 91.5 cm³/mol. The minimum atomic E-state index is -0.419. The Balaban J connectivity index is 1.86. The molecule has 2 aromatic heterocycles. The minimum Gasteiger partial charge on any atom is -0.331 e. The highest BCUT2D eigenvalue weighted by molar-refractivity contribution is 7.14. The number of rotatable bonds is 4. The standard InChI is InChI=1S/C15H11ClN4O2S/c1-9-2-4-11(20(21)22)6-12(9)18-15-19-13(8-23-15)10-3-5-14(16)17-7-10/h2-8H,1H3,(H,18,19). The maximum atomic E-state index is 10.9. The van der Waals surface area contributed by atoms with Gasteiger partial charge in [-0.2, -0.15) is 0 Å². The second kappa shape index (κ2) is 6.31. The summed E-state index contributed by atoms with van der Waals surface area (Å²) >= 11 is 7.19. The van der Waals surface area contributed by atoms with Gasteiger partial charge in [0.15, 0.2) is 5.13 Å². The number of nitrogens with one attached hydrogen (secondary N) is 1. The Labute approximate surface area is 140 Å². The first-order valence-corrected chi connectivity index (χ1v) is 7.88. The molecule has 23 heavy (non-hydrogen) atoms. The van der Waals surface area contributed by atoms with Crippen LogP contribution in [-0.2, 0) is 0 Å². The maximum Gasteiger partial charge on any atom is 0.271 e.